The molecule has 0 amide bonds. The lowest BCUT2D eigenvalue weighted by molar-refractivity contribution is 0.0218. The van der Waals surface area contributed by atoms with E-state index in [4.69, 9.17) is 4.74 Å². The van der Waals surface area contributed by atoms with Gasteiger partial charge in [-0.1, -0.05) is 0 Å². The summed E-state index contributed by atoms with van der Waals surface area (Å²) in [7, 11) is -1.07. The largest absolute Gasteiger partial charge is 0.381 e. The molecule has 0 bridgehead atoms. The fourth-order valence-corrected chi connectivity index (χ4v) is 6.69. The average molecular weight is 353 g/mol. The van der Waals surface area contributed by atoms with Crippen molar-refractivity contribution in [1.29, 1.82) is 0 Å². The summed E-state index contributed by atoms with van der Waals surface area (Å²) in [6.45, 7) is 5.44. The lowest BCUT2D eigenvalue weighted by Crippen LogP contribution is -2.67. The van der Waals surface area contributed by atoms with E-state index in [0.29, 0.717) is 25.4 Å². The van der Waals surface area contributed by atoms with Gasteiger partial charge < -0.3 is 4.74 Å². The molecule has 3 aliphatic rings. The topological polar surface area (TPSA) is 64.4 Å². The quantitative estimate of drug-likeness (QED) is 0.767. The van der Waals surface area contributed by atoms with Crippen molar-refractivity contribution in [3.8, 4) is 0 Å². The van der Waals surface area contributed by atoms with E-state index in [1.54, 1.807) is 0 Å². The van der Waals surface area contributed by atoms with Crippen molar-refractivity contribution in [2.24, 2.45) is 18.9 Å². The molecular weight excluding hydrogens is 326 g/mol. The summed E-state index contributed by atoms with van der Waals surface area (Å²) in [5.41, 5.74) is 2.14. The molecule has 1 saturated carbocycles. The van der Waals surface area contributed by atoms with Crippen molar-refractivity contribution in [3.05, 3.63) is 17.5 Å². The van der Waals surface area contributed by atoms with Gasteiger partial charge in [-0.3, -0.25) is 9.58 Å². The number of rotatable bonds is 6. The van der Waals surface area contributed by atoms with Crippen LogP contribution in [0.2, 0.25) is 0 Å². The number of likely N-dealkylation sites (tertiary alicyclic amines) is 1. The second-order valence-corrected chi connectivity index (χ2v) is 10.3. The molecule has 1 aromatic heterocycles. The summed E-state index contributed by atoms with van der Waals surface area (Å²) in [5.74, 6) is 1.21. The van der Waals surface area contributed by atoms with Crippen LogP contribution < -0.4 is 0 Å². The SMILES string of the molecule is Cc1cc(CN2CC3(C2)[C@H](COCC2CC2)CCS3(=O)=O)n(C)n1. The maximum atomic E-state index is 12.7. The highest BCUT2D eigenvalue weighted by atomic mass is 32.2. The van der Waals surface area contributed by atoms with E-state index in [1.165, 1.54) is 12.8 Å². The number of aryl methyl sites for hydroxylation is 2. The van der Waals surface area contributed by atoms with Crippen LogP contribution in [-0.2, 0) is 28.2 Å². The second kappa shape index (κ2) is 5.81. The van der Waals surface area contributed by atoms with Gasteiger partial charge in [0.2, 0.25) is 0 Å². The number of hydrogen-bond acceptors (Lipinski definition) is 5. The van der Waals surface area contributed by atoms with Crippen molar-refractivity contribution in [1.82, 2.24) is 14.7 Å². The molecule has 2 saturated heterocycles. The van der Waals surface area contributed by atoms with E-state index in [1.807, 2.05) is 18.7 Å². The Hall–Kier alpha value is -0.920. The summed E-state index contributed by atoms with van der Waals surface area (Å²) < 4.78 is 32.5. The Kier molecular flexibility index (Phi) is 4.01. The Balaban J connectivity index is 1.40. The Bertz CT molecular complexity index is 717. The predicted octanol–water partition coefficient (Wildman–Crippen LogP) is 1.14. The molecule has 6 nitrogen and oxygen atoms in total. The van der Waals surface area contributed by atoms with Gasteiger partial charge in [0, 0.05) is 39.2 Å². The molecule has 0 radical (unpaired) electrons. The molecule has 134 valence electrons. The Morgan fingerprint density at radius 2 is 2.04 bits per heavy atom. The van der Waals surface area contributed by atoms with Gasteiger partial charge in [0.25, 0.3) is 0 Å². The van der Waals surface area contributed by atoms with Gasteiger partial charge in [0.05, 0.1) is 23.7 Å². The molecule has 0 unspecified atom stereocenters. The molecule has 1 spiro atoms. The van der Waals surface area contributed by atoms with E-state index < -0.39 is 14.6 Å². The monoisotopic (exact) mass is 353 g/mol. The highest BCUT2D eigenvalue weighted by Gasteiger charge is 2.61. The van der Waals surface area contributed by atoms with Crippen molar-refractivity contribution in [2.45, 2.75) is 37.5 Å². The first-order chi connectivity index (χ1) is 11.4. The summed E-state index contributed by atoms with van der Waals surface area (Å²) in [6, 6.07) is 2.07. The summed E-state index contributed by atoms with van der Waals surface area (Å²) in [5, 5.41) is 4.37. The lowest BCUT2D eigenvalue weighted by atomic mass is 9.83. The number of nitrogens with zero attached hydrogens (tertiary/aromatic N) is 3. The van der Waals surface area contributed by atoms with Gasteiger partial charge in [-0.2, -0.15) is 5.10 Å². The van der Waals surface area contributed by atoms with Crippen LogP contribution in [0.25, 0.3) is 0 Å². The standard InChI is InChI=1S/C17H27N3O3S/c1-13-7-16(19(2)18-13)8-20-11-17(12-20)15(5-6-24(17,21)22)10-23-9-14-3-4-14/h7,14-15H,3-6,8-12H2,1-2H3/t15-/m0/s1. The molecule has 1 aromatic rings. The van der Waals surface area contributed by atoms with Crippen LogP contribution in [0.4, 0.5) is 0 Å². The number of ether oxygens (including phenoxy) is 1. The normalized spacial score (nSPS) is 28.3. The minimum atomic E-state index is -3.01. The predicted molar refractivity (Wildman–Crippen MR) is 91.4 cm³/mol. The fourth-order valence-electron chi connectivity index (χ4n) is 4.23. The van der Waals surface area contributed by atoms with E-state index >= 15 is 0 Å². The van der Waals surface area contributed by atoms with Gasteiger partial charge in [0.1, 0.15) is 4.75 Å². The maximum Gasteiger partial charge on any atom is 0.158 e. The molecular formula is C17H27N3O3S. The molecule has 0 N–H and O–H groups in total. The van der Waals surface area contributed by atoms with Crippen LogP contribution in [0.15, 0.2) is 6.07 Å². The van der Waals surface area contributed by atoms with Crippen molar-refractivity contribution in [3.63, 3.8) is 0 Å². The molecule has 2 aliphatic heterocycles. The number of aromatic nitrogens is 2. The average Bonchev–Trinajstić information content (AvgIpc) is 3.17. The summed E-state index contributed by atoms with van der Waals surface area (Å²) in [4.78, 5) is 2.23. The van der Waals surface area contributed by atoms with Crippen LogP contribution in [0.5, 0.6) is 0 Å². The third kappa shape index (κ3) is 2.80. The highest BCUT2D eigenvalue weighted by Crippen LogP contribution is 2.45. The van der Waals surface area contributed by atoms with Gasteiger partial charge >= 0.3 is 0 Å². The van der Waals surface area contributed by atoms with E-state index in [9.17, 15) is 8.42 Å². The van der Waals surface area contributed by atoms with Gasteiger partial charge in [0.15, 0.2) is 9.84 Å². The summed E-state index contributed by atoms with van der Waals surface area (Å²) in [6.07, 6.45) is 3.30. The molecule has 7 heteroatoms. The third-order valence-electron chi connectivity index (χ3n) is 5.93. The van der Waals surface area contributed by atoms with Crippen molar-refractivity contribution < 1.29 is 13.2 Å². The highest BCUT2D eigenvalue weighted by molar-refractivity contribution is 7.93. The zero-order valence-corrected chi connectivity index (χ0v) is 15.4. The van der Waals surface area contributed by atoms with Crippen LogP contribution in [0, 0.1) is 18.8 Å². The van der Waals surface area contributed by atoms with Crippen LogP contribution in [0.3, 0.4) is 0 Å². The minimum Gasteiger partial charge on any atom is -0.381 e. The first-order valence-corrected chi connectivity index (χ1v) is 10.6. The number of hydrogen-bond donors (Lipinski definition) is 0. The van der Waals surface area contributed by atoms with Gasteiger partial charge in [-0.25, -0.2) is 8.42 Å². The minimum absolute atomic E-state index is 0.158. The number of sulfone groups is 1. The van der Waals surface area contributed by atoms with Gasteiger partial charge in [-0.15, -0.1) is 0 Å². The fraction of sp³-hybridized carbons (Fsp3) is 0.824. The molecule has 4 rings (SSSR count). The Morgan fingerprint density at radius 3 is 2.67 bits per heavy atom. The molecule has 1 aliphatic carbocycles. The Labute approximate surface area is 144 Å². The molecule has 24 heavy (non-hydrogen) atoms. The molecule has 3 heterocycles. The van der Waals surface area contributed by atoms with Crippen molar-refractivity contribution >= 4 is 9.84 Å². The Morgan fingerprint density at radius 1 is 1.29 bits per heavy atom. The summed E-state index contributed by atoms with van der Waals surface area (Å²) >= 11 is 0. The molecule has 3 fully saturated rings. The van der Waals surface area contributed by atoms with E-state index in [-0.39, 0.29) is 5.92 Å². The zero-order chi connectivity index (χ0) is 16.9. The van der Waals surface area contributed by atoms with Gasteiger partial charge in [-0.05, 0) is 38.2 Å². The van der Waals surface area contributed by atoms with E-state index in [0.717, 1.165) is 36.9 Å². The van der Waals surface area contributed by atoms with Crippen LogP contribution in [-0.4, -0.2) is 59.9 Å². The molecule has 1 atom stereocenters. The first-order valence-electron chi connectivity index (χ1n) is 8.91. The smallest absolute Gasteiger partial charge is 0.158 e. The van der Waals surface area contributed by atoms with Crippen LogP contribution in [0.1, 0.15) is 30.7 Å². The van der Waals surface area contributed by atoms with Crippen LogP contribution >= 0.6 is 0 Å². The second-order valence-electron chi connectivity index (χ2n) is 7.90. The first kappa shape index (κ1) is 16.5. The maximum absolute atomic E-state index is 12.7. The third-order valence-corrected chi connectivity index (χ3v) is 8.54. The van der Waals surface area contributed by atoms with E-state index in [2.05, 4.69) is 16.1 Å². The van der Waals surface area contributed by atoms with Crippen molar-refractivity contribution in [2.75, 3.05) is 32.1 Å². The lowest BCUT2D eigenvalue weighted by Gasteiger charge is -2.50. The molecule has 0 aromatic carbocycles. The zero-order valence-electron chi connectivity index (χ0n) is 14.6.